The van der Waals surface area contributed by atoms with E-state index in [9.17, 15) is 4.79 Å². The molecule has 0 aromatic carbocycles. The molecule has 0 radical (unpaired) electrons. The first kappa shape index (κ1) is 17.6. The molecule has 3 aromatic heterocycles. The Balaban J connectivity index is 2.02. The number of hydrogen-bond acceptors (Lipinski definition) is 6. The second kappa shape index (κ2) is 7.33. The Bertz CT molecular complexity index is 913. The fourth-order valence-corrected chi connectivity index (χ4v) is 3.77. The molecule has 6 nitrogen and oxygen atoms in total. The minimum Gasteiger partial charge on any atom is -0.351 e. The summed E-state index contributed by atoms with van der Waals surface area (Å²) < 4.78 is 5.34. The van der Waals surface area contributed by atoms with Crippen molar-refractivity contribution in [1.82, 2.24) is 20.8 Å². The van der Waals surface area contributed by atoms with Gasteiger partial charge in [0.15, 0.2) is 0 Å². The van der Waals surface area contributed by atoms with E-state index in [1.807, 2.05) is 19.9 Å². The van der Waals surface area contributed by atoms with Crippen LogP contribution >= 0.6 is 11.3 Å². The van der Waals surface area contributed by atoms with E-state index in [1.165, 1.54) is 9.75 Å². The van der Waals surface area contributed by atoms with Crippen LogP contribution in [0.4, 0.5) is 0 Å². The molecule has 3 aromatic rings. The summed E-state index contributed by atoms with van der Waals surface area (Å²) in [7, 11) is 0. The van der Waals surface area contributed by atoms with Crippen LogP contribution in [0.25, 0.3) is 22.4 Å². The Morgan fingerprint density at radius 2 is 2.04 bits per heavy atom. The Morgan fingerprint density at radius 1 is 1.24 bits per heavy atom. The molecule has 0 aliphatic heterocycles. The maximum atomic E-state index is 12.7. The van der Waals surface area contributed by atoms with Crippen LogP contribution in [-0.2, 0) is 0 Å². The lowest BCUT2D eigenvalue weighted by Crippen LogP contribution is -2.31. The number of pyridine rings is 1. The van der Waals surface area contributed by atoms with Gasteiger partial charge in [0.25, 0.3) is 11.6 Å². The maximum absolute atomic E-state index is 12.7. The van der Waals surface area contributed by atoms with Crippen molar-refractivity contribution >= 4 is 28.3 Å². The fraction of sp³-hybridized carbons (Fsp3) is 0.389. The molecule has 0 spiro atoms. The summed E-state index contributed by atoms with van der Waals surface area (Å²) in [5.74, 6) is -0.137. The number of carbonyl (C=O) groups excluding carboxylic acids is 1. The summed E-state index contributed by atoms with van der Waals surface area (Å²) in [6, 6.07) is 3.92. The van der Waals surface area contributed by atoms with Crippen LogP contribution in [0, 0.1) is 20.8 Å². The summed E-state index contributed by atoms with van der Waals surface area (Å²) in [4.78, 5) is 19.7. The Kier molecular flexibility index (Phi) is 5.15. The van der Waals surface area contributed by atoms with E-state index in [2.05, 4.69) is 40.7 Å². The van der Waals surface area contributed by atoms with Crippen LogP contribution in [0.1, 0.15) is 32.7 Å². The number of aryl methyl sites for hydroxylation is 3. The molecule has 0 saturated heterocycles. The van der Waals surface area contributed by atoms with Crippen molar-refractivity contribution in [3.05, 3.63) is 33.1 Å². The van der Waals surface area contributed by atoms with Crippen molar-refractivity contribution < 1.29 is 9.32 Å². The van der Waals surface area contributed by atoms with E-state index < -0.39 is 0 Å². The number of carbonyl (C=O) groups is 1. The van der Waals surface area contributed by atoms with Crippen molar-refractivity contribution in [2.24, 2.45) is 0 Å². The molecule has 25 heavy (non-hydrogen) atoms. The lowest BCUT2D eigenvalue weighted by atomic mass is 10.1. The van der Waals surface area contributed by atoms with Gasteiger partial charge in [-0.1, -0.05) is 12.1 Å². The Morgan fingerprint density at radius 3 is 2.72 bits per heavy atom. The summed E-state index contributed by atoms with van der Waals surface area (Å²) in [5.41, 5.74) is 3.39. The molecule has 1 amide bonds. The van der Waals surface area contributed by atoms with Gasteiger partial charge in [-0.05, 0) is 39.4 Å². The average Bonchev–Trinajstić information content (AvgIpc) is 3.12. The first-order valence-corrected chi connectivity index (χ1v) is 9.16. The molecule has 2 N–H and O–H groups in total. The van der Waals surface area contributed by atoms with Gasteiger partial charge in [-0.2, -0.15) is 0 Å². The molecule has 132 valence electrons. The predicted molar refractivity (Wildman–Crippen MR) is 100 cm³/mol. The zero-order chi connectivity index (χ0) is 18.0. The number of hydrogen-bond donors (Lipinski definition) is 2. The van der Waals surface area contributed by atoms with Crippen molar-refractivity contribution in [2.45, 2.75) is 27.7 Å². The van der Waals surface area contributed by atoms with Crippen LogP contribution in [0.15, 0.2) is 16.7 Å². The highest BCUT2D eigenvalue weighted by Crippen LogP contribution is 2.32. The fourth-order valence-electron chi connectivity index (χ4n) is 2.83. The van der Waals surface area contributed by atoms with E-state index in [4.69, 9.17) is 4.52 Å². The highest BCUT2D eigenvalue weighted by molar-refractivity contribution is 7.12. The van der Waals surface area contributed by atoms with Crippen molar-refractivity contribution in [2.75, 3.05) is 19.6 Å². The van der Waals surface area contributed by atoms with E-state index >= 15 is 0 Å². The molecule has 3 heterocycles. The second-order valence-corrected chi connectivity index (χ2v) is 7.40. The Labute approximate surface area is 150 Å². The second-order valence-electron chi connectivity index (χ2n) is 5.94. The summed E-state index contributed by atoms with van der Waals surface area (Å²) >= 11 is 1.71. The molecule has 3 rings (SSSR count). The lowest BCUT2D eigenvalue weighted by Gasteiger charge is -2.08. The third-order valence-electron chi connectivity index (χ3n) is 4.02. The number of amides is 1. The summed E-state index contributed by atoms with van der Waals surface area (Å²) in [6.07, 6.45) is 0. The number of aromatic nitrogens is 2. The normalized spacial score (nSPS) is 11.2. The standard InChI is InChI=1S/C18H22N4O2S/c1-5-19-6-7-20-17(23)14-9-15(13-8-10(2)25-12(13)4)21-18-16(14)11(3)22-24-18/h8-9,19H,5-7H2,1-4H3,(H,20,23). The zero-order valence-electron chi connectivity index (χ0n) is 14.9. The van der Waals surface area contributed by atoms with Crippen LogP contribution in [0.2, 0.25) is 0 Å². The van der Waals surface area contributed by atoms with Gasteiger partial charge in [0.2, 0.25) is 0 Å². The van der Waals surface area contributed by atoms with Crippen molar-refractivity contribution in [3.63, 3.8) is 0 Å². The molecular formula is C18H22N4O2S. The summed E-state index contributed by atoms with van der Waals surface area (Å²) in [6.45, 7) is 10.1. The van der Waals surface area contributed by atoms with Crippen LogP contribution in [-0.4, -0.2) is 35.7 Å². The molecule has 0 aliphatic rings. The highest BCUT2D eigenvalue weighted by atomic mass is 32.1. The third-order valence-corrected chi connectivity index (χ3v) is 4.98. The zero-order valence-corrected chi connectivity index (χ0v) is 15.7. The smallest absolute Gasteiger partial charge is 0.259 e. The van der Waals surface area contributed by atoms with Crippen LogP contribution in [0.3, 0.4) is 0 Å². The molecule has 0 saturated carbocycles. The van der Waals surface area contributed by atoms with Gasteiger partial charge in [-0.15, -0.1) is 11.3 Å². The predicted octanol–water partition coefficient (Wildman–Crippen LogP) is 3.22. The number of likely N-dealkylation sites (N-methyl/N-ethyl adjacent to an activating group) is 1. The van der Waals surface area contributed by atoms with Crippen molar-refractivity contribution in [3.8, 4) is 11.3 Å². The van der Waals surface area contributed by atoms with Crippen LogP contribution < -0.4 is 10.6 Å². The van der Waals surface area contributed by atoms with E-state index in [-0.39, 0.29) is 5.91 Å². The van der Waals surface area contributed by atoms with Gasteiger partial charge < -0.3 is 15.2 Å². The van der Waals surface area contributed by atoms with Gasteiger partial charge in [0.1, 0.15) is 0 Å². The van der Waals surface area contributed by atoms with E-state index in [0.717, 1.165) is 24.3 Å². The molecular weight excluding hydrogens is 336 g/mol. The number of rotatable bonds is 6. The van der Waals surface area contributed by atoms with Gasteiger partial charge in [-0.3, -0.25) is 4.79 Å². The number of thiophene rings is 1. The van der Waals surface area contributed by atoms with Gasteiger partial charge in [0.05, 0.1) is 22.3 Å². The quantitative estimate of drug-likeness (QED) is 0.662. The first-order valence-electron chi connectivity index (χ1n) is 8.34. The number of fused-ring (bicyclic) bond motifs is 1. The van der Waals surface area contributed by atoms with Gasteiger partial charge in [-0.25, -0.2) is 4.98 Å². The SMILES string of the molecule is CCNCCNC(=O)c1cc(-c2cc(C)sc2C)nc2onc(C)c12. The average molecular weight is 358 g/mol. The first-order chi connectivity index (χ1) is 12.0. The molecule has 0 atom stereocenters. The topological polar surface area (TPSA) is 80.0 Å². The Hall–Kier alpha value is -2.25. The molecule has 0 unspecified atom stereocenters. The van der Waals surface area contributed by atoms with Gasteiger partial charge in [0, 0.05) is 28.4 Å². The monoisotopic (exact) mass is 358 g/mol. The van der Waals surface area contributed by atoms with Crippen molar-refractivity contribution in [1.29, 1.82) is 0 Å². The minimum atomic E-state index is -0.137. The van der Waals surface area contributed by atoms with E-state index in [0.29, 0.717) is 28.9 Å². The highest BCUT2D eigenvalue weighted by Gasteiger charge is 2.20. The minimum absolute atomic E-state index is 0.137. The summed E-state index contributed by atoms with van der Waals surface area (Å²) in [5, 5.41) is 10.8. The van der Waals surface area contributed by atoms with E-state index in [1.54, 1.807) is 11.3 Å². The lowest BCUT2D eigenvalue weighted by molar-refractivity contribution is 0.0955. The molecule has 7 heteroatoms. The number of nitrogens with one attached hydrogen (secondary N) is 2. The third kappa shape index (κ3) is 3.57. The molecule has 0 fully saturated rings. The molecule has 0 aliphatic carbocycles. The largest absolute Gasteiger partial charge is 0.351 e. The van der Waals surface area contributed by atoms with Crippen LogP contribution in [0.5, 0.6) is 0 Å². The maximum Gasteiger partial charge on any atom is 0.259 e. The molecule has 0 bridgehead atoms. The number of nitrogens with zero attached hydrogens (tertiary/aromatic N) is 2. The van der Waals surface area contributed by atoms with Gasteiger partial charge >= 0.3 is 0 Å².